The number of alkyl halides is 1. The van der Waals surface area contributed by atoms with Crippen LogP contribution in [0.25, 0.3) is 0 Å². The lowest BCUT2D eigenvalue weighted by molar-refractivity contribution is -0.492. The Bertz CT molecular complexity index is 1860. The van der Waals surface area contributed by atoms with E-state index in [4.69, 9.17) is 39.8 Å². The largest absolute Gasteiger partial charge is 0.514 e. The lowest BCUT2D eigenvalue weighted by Crippen LogP contribution is -2.70. The first-order valence-electron chi connectivity index (χ1n) is 19.0. The number of allylic oxidation sites excluding steroid dienone is 4. The molecule has 0 radical (unpaired) electrons. The van der Waals surface area contributed by atoms with E-state index in [0.29, 0.717) is 12.0 Å². The van der Waals surface area contributed by atoms with Gasteiger partial charge < -0.3 is 34.3 Å². The number of fused-ring (bicyclic) bond motifs is 5. The highest BCUT2D eigenvalue weighted by Gasteiger charge is 2.77. The highest BCUT2D eigenvalue weighted by Crippen LogP contribution is 2.71. The van der Waals surface area contributed by atoms with Crippen molar-refractivity contribution in [2.75, 3.05) is 26.4 Å². The second-order valence-corrected chi connectivity index (χ2v) is 15.6. The van der Waals surface area contributed by atoms with Crippen LogP contribution in [0, 0.1) is 28.6 Å². The Morgan fingerprint density at radius 3 is 2.27 bits per heavy atom. The van der Waals surface area contributed by atoms with E-state index in [2.05, 4.69) is 9.68 Å². The predicted molar refractivity (Wildman–Crippen MR) is 190 cm³/mol. The molecule has 5 rings (SSSR count). The van der Waals surface area contributed by atoms with Crippen molar-refractivity contribution in [2.45, 2.75) is 89.5 Å². The van der Waals surface area contributed by atoms with E-state index < -0.39 is 104 Å². The maximum Gasteiger partial charge on any atom is 0.514 e. The Labute approximate surface area is 336 Å². The fourth-order valence-corrected chi connectivity index (χ4v) is 9.73. The van der Waals surface area contributed by atoms with Crippen LogP contribution in [0.1, 0.15) is 82.5 Å². The number of carbonyl (C=O) groups excluding carboxylic acids is 5. The third-order valence-corrected chi connectivity index (χ3v) is 12.4. The summed E-state index contributed by atoms with van der Waals surface area (Å²) in [5.41, 5.74) is -7.04. The number of aromatic hydroxyl groups is 2. The monoisotopic (exact) mass is 840 g/mol. The smallest absolute Gasteiger partial charge is 0.504 e. The van der Waals surface area contributed by atoms with Gasteiger partial charge in [-0.25, -0.2) is 14.0 Å². The number of unbranched alkanes of at least 4 members (excludes halogenated alkanes) is 1. The van der Waals surface area contributed by atoms with Crippen molar-refractivity contribution in [1.82, 2.24) is 10.8 Å². The molecule has 3 fully saturated rings. The molecule has 1 aromatic carbocycles. The van der Waals surface area contributed by atoms with E-state index in [1.54, 1.807) is 20.8 Å². The van der Waals surface area contributed by atoms with Gasteiger partial charge in [0, 0.05) is 29.1 Å². The number of rotatable bonds is 17. The molecule has 3 saturated carbocycles. The number of carbonyl (C=O) groups is 5. The number of benzene rings is 1. The van der Waals surface area contributed by atoms with Gasteiger partial charge in [-0.3, -0.25) is 44.9 Å². The van der Waals surface area contributed by atoms with Crippen LogP contribution in [-0.4, -0.2) is 120 Å². The number of Topliss-reactive ketones (excluding diaryl/α,β-unsaturated/α-hetero) is 1. The average Bonchev–Trinajstić information content (AvgIpc) is 3.38. The third kappa shape index (κ3) is 8.70. The molecule has 21 heteroatoms. The van der Waals surface area contributed by atoms with Crippen LogP contribution in [0.3, 0.4) is 0 Å². The topological polar surface area (TPSA) is 289 Å². The maximum atomic E-state index is 17.8. The van der Waals surface area contributed by atoms with Gasteiger partial charge in [-0.2, -0.15) is 0 Å². The van der Waals surface area contributed by atoms with Crippen molar-refractivity contribution < 1.29 is 93.1 Å². The number of nitrogens with zero attached hydrogens (tertiary/aromatic N) is 2. The van der Waals surface area contributed by atoms with Crippen LogP contribution in [0.4, 0.5) is 9.18 Å². The lowest BCUT2D eigenvalue weighted by atomic mass is 9.44. The highest BCUT2D eigenvalue weighted by molar-refractivity contribution is 6.01. The molecule has 8 atom stereocenters. The Hall–Kier alpha value is -4.58. The minimum absolute atomic E-state index is 0.0958. The second-order valence-electron chi connectivity index (χ2n) is 15.6. The second kappa shape index (κ2) is 18.0. The van der Waals surface area contributed by atoms with E-state index in [0.717, 1.165) is 12.1 Å². The fourth-order valence-electron chi connectivity index (χ4n) is 9.73. The van der Waals surface area contributed by atoms with E-state index in [1.807, 2.05) is 0 Å². The summed E-state index contributed by atoms with van der Waals surface area (Å²) in [5.74, 6) is -8.18. The third-order valence-electron chi connectivity index (χ3n) is 12.4. The SMILES string of the molecule is C[C@H]1CC2C3CCC4=CC(=O)C=C[C@]4(C)[C@@]3(F)[C@@H](O)C[C@]2(C)[C@@]1(OC(=O)CCCON(O)O)C(=O)COC(=O)Oc1cc(C(=O)OCCCCON(O)O)cc(O)c1O. The van der Waals surface area contributed by atoms with Crippen LogP contribution in [0.15, 0.2) is 35.9 Å². The van der Waals surface area contributed by atoms with Crippen LogP contribution in [0.5, 0.6) is 17.2 Å². The van der Waals surface area contributed by atoms with E-state index in [9.17, 15) is 39.3 Å². The van der Waals surface area contributed by atoms with Crippen molar-refractivity contribution in [2.24, 2.45) is 28.6 Å². The Balaban J connectivity index is 1.36. The number of ether oxygens (including phenoxy) is 4. The van der Waals surface area contributed by atoms with Gasteiger partial charge in [0.05, 0.1) is 42.3 Å². The molecule has 0 amide bonds. The summed E-state index contributed by atoms with van der Waals surface area (Å²) in [7, 11) is 0. The maximum absolute atomic E-state index is 17.8. The average molecular weight is 841 g/mol. The summed E-state index contributed by atoms with van der Waals surface area (Å²) in [4.78, 5) is 74.8. The zero-order valence-electron chi connectivity index (χ0n) is 32.6. The summed E-state index contributed by atoms with van der Waals surface area (Å²) in [6, 6.07) is 1.70. The molecule has 0 aromatic heterocycles. The normalized spacial score (nSPS) is 30.9. The molecule has 4 aliphatic rings. The Morgan fingerprint density at radius 2 is 1.59 bits per heavy atom. The van der Waals surface area contributed by atoms with Crippen molar-refractivity contribution in [3.63, 3.8) is 0 Å². The van der Waals surface area contributed by atoms with E-state index in [1.165, 1.54) is 18.2 Å². The van der Waals surface area contributed by atoms with Crippen LogP contribution in [0.2, 0.25) is 0 Å². The van der Waals surface area contributed by atoms with Crippen molar-refractivity contribution >= 4 is 29.7 Å². The van der Waals surface area contributed by atoms with Crippen molar-refractivity contribution in [3.8, 4) is 17.2 Å². The molecule has 0 bridgehead atoms. The van der Waals surface area contributed by atoms with Gasteiger partial charge in [0.25, 0.3) is 0 Å². The Morgan fingerprint density at radius 1 is 0.932 bits per heavy atom. The molecular weight excluding hydrogens is 791 g/mol. The molecule has 1 aromatic rings. The minimum Gasteiger partial charge on any atom is -0.504 e. The molecule has 0 spiro atoms. The first-order valence-corrected chi connectivity index (χ1v) is 19.0. The highest BCUT2D eigenvalue weighted by atomic mass is 19.1. The molecular formula is C38H49FN2O18. The minimum atomic E-state index is -2.29. The zero-order chi connectivity index (χ0) is 43.5. The molecule has 7 N–H and O–H groups in total. The number of aliphatic hydroxyl groups excluding tert-OH is 1. The van der Waals surface area contributed by atoms with Gasteiger partial charge in [0.2, 0.25) is 11.5 Å². The van der Waals surface area contributed by atoms with E-state index >= 15 is 4.39 Å². The Kier molecular flexibility index (Phi) is 13.8. The van der Waals surface area contributed by atoms with Gasteiger partial charge >= 0.3 is 18.1 Å². The van der Waals surface area contributed by atoms with Crippen molar-refractivity contribution in [3.05, 3.63) is 41.5 Å². The van der Waals surface area contributed by atoms with Gasteiger partial charge in [0.15, 0.2) is 35.2 Å². The molecule has 20 nitrogen and oxygen atoms in total. The standard InChI is InChI=1S/C38H49FN2O18/c1-21-15-26-25-9-8-23-18-24(42)10-11-35(23,2)37(25,39)29(44)19-36(26,3)38(21,59-31(46)7-6-14-57-41(52)53)30(45)20-55-34(49)58-28-17-22(16-27(43)32(28)47)33(48)54-12-4-5-13-56-40(50)51/h10-11,16-18,21,25-26,29,43-44,47,50-53H,4-9,12-15,19-20H2,1-3H3/t21-,25?,26?,29-,35-,36-,37-,38-/m0/s1. The zero-order valence-corrected chi connectivity index (χ0v) is 32.6. The summed E-state index contributed by atoms with van der Waals surface area (Å²) in [6.07, 6.45) is 1.10. The van der Waals surface area contributed by atoms with Gasteiger partial charge in [-0.15, -0.1) is 0 Å². The lowest BCUT2D eigenvalue weighted by Gasteiger charge is -2.62. The molecule has 0 aliphatic heterocycles. The van der Waals surface area contributed by atoms with Crippen LogP contribution >= 0.6 is 0 Å². The molecule has 4 aliphatic carbocycles. The summed E-state index contributed by atoms with van der Waals surface area (Å²) in [6.45, 7) is 3.14. The molecule has 2 unspecified atom stereocenters. The molecule has 59 heavy (non-hydrogen) atoms. The van der Waals surface area contributed by atoms with Gasteiger partial charge in [-0.1, -0.05) is 25.5 Å². The van der Waals surface area contributed by atoms with Gasteiger partial charge in [0.1, 0.15) is 0 Å². The number of ketones is 2. The summed E-state index contributed by atoms with van der Waals surface area (Å²) in [5, 5.41) is 66.3. The molecule has 0 saturated heterocycles. The number of hydrogen-bond acceptors (Lipinski definition) is 20. The van der Waals surface area contributed by atoms with Crippen LogP contribution < -0.4 is 4.74 Å². The molecule has 326 valence electrons. The summed E-state index contributed by atoms with van der Waals surface area (Å²) < 4.78 is 39.2. The number of aliphatic hydroxyl groups is 1. The van der Waals surface area contributed by atoms with Crippen LogP contribution in [-0.2, 0) is 38.3 Å². The first kappa shape index (κ1) is 45.5. The summed E-state index contributed by atoms with van der Waals surface area (Å²) >= 11 is 0. The van der Waals surface area contributed by atoms with Crippen molar-refractivity contribution in [1.29, 1.82) is 0 Å². The molecule has 0 heterocycles. The number of halogens is 1. The number of esters is 2. The predicted octanol–water partition coefficient (Wildman–Crippen LogP) is 3.82. The number of phenolic OH excluding ortho intramolecular Hbond substituents is 2. The fraction of sp³-hybridized carbons (Fsp3) is 0.605. The van der Waals surface area contributed by atoms with Gasteiger partial charge in [-0.05, 0) is 82.1 Å². The van der Waals surface area contributed by atoms with E-state index in [-0.39, 0.29) is 76.1 Å². The number of phenols is 2. The number of hydrogen-bond donors (Lipinski definition) is 7. The quantitative estimate of drug-likeness (QED) is 0.0293. The first-order chi connectivity index (χ1) is 27.7.